The minimum absolute atomic E-state index is 0.164. The van der Waals surface area contributed by atoms with E-state index in [9.17, 15) is 13.2 Å². The number of carbonyl (C=O) groups is 1. The van der Waals surface area contributed by atoms with E-state index in [-0.39, 0.29) is 16.8 Å². The Labute approximate surface area is 164 Å². The number of halogens is 2. The van der Waals surface area contributed by atoms with Crippen LogP contribution in [0.25, 0.3) is 0 Å². The third-order valence-electron chi connectivity index (χ3n) is 3.89. The van der Waals surface area contributed by atoms with Gasteiger partial charge >= 0.3 is 0 Å². The van der Waals surface area contributed by atoms with Crippen LogP contribution in [0.1, 0.15) is 25.5 Å². The summed E-state index contributed by atoms with van der Waals surface area (Å²) in [6, 6.07) is 12.6. The minimum atomic E-state index is -3.77. The Hall–Kier alpha value is -1.76. The first-order valence-electron chi connectivity index (χ1n) is 7.91. The standard InChI is InChI=1S/C18H20Cl2N2O3S/c1-12(14-7-5-4-6-8-14)21-18(23)13(2)22(26(3,24)25)17-11-15(19)9-10-16(17)20/h4-13H,1-3H3,(H,21,23)/t12-,13-/m0/s1. The SMILES string of the molecule is C[C@H](NC(=O)[C@H](C)N(c1cc(Cl)ccc1Cl)S(C)(=O)=O)c1ccccc1. The van der Waals surface area contributed by atoms with Crippen molar-refractivity contribution in [3.8, 4) is 0 Å². The molecule has 0 aromatic heterocycles. The fourth-order valence-corrected chi connectivity index (χ4v) is 4.20. The molecule has 2 atom stereocenters. The normalized spacial score (nSPS) is 13.7. The summed E-state index contributed by atoms with van der Waals surface area (Å²) >= 11 is 12.1. The number of rotatable bonds is 6. The van der Waals surface area contributed by atoms with Gasteiger partial charge in [-0.3, -0.25) is 9.10 Å². The molecule has 0 aliphatic rings. The average Bonchev–Trinajstić information content (AvgIpc) is 2.57. The van der Waals surface area contributed by atoms with Gasteiger partial charge in [0.15, 0.2) is 0 Å². The van der Waals surface area contributed by atoms with Crippen LogP contribution in [-0.2, 0) is 14.8 Å². The number of nitrogens with one attached hydrogen (secondary N) is 1. The van der Waals surface area contributed by atoms with Gasteiger partial charge in [-0.15, -0.1) is 0 Å². The second kappa shape index (κ2) is 8.29. The molecule has 0 spiro atoms. The average molecular weight is 415 g/mol. The Morgan fingerprint density at radius 3 is 2.27 bits per heavy atom. The van der Waals surface area contributed by atoms with Gasteiger partial charge in [-0.1, -0.05) is 53.5 Å². The lowest BCUT2D eigenvalue weighted by molar-refractivity contribution is -0.122. The second-order valence-corrected chi connectivity index (χ2v) is 8.67. The van der Waals surface area contributed by atoms with E-state index in [1.165, 1.54) is 19.1 Å². The highest BCUT2D eigenvalue weighted by atomic mass is 35.5. The lowest BCUT2D eigenvalue weighted by Crippen LogP contribution is -2.48. The predicted octanol–water partition coefficient (Wildman–Crippen LogP) is 4.03. The third kappa shape index (κ3) is 4.90. The van der Waals surface area contributed by atoms with Crippen molar-refractivity contribution in [1.29, 1.82) is 0 Å². The molecule has 1 amide bonds. The number of benzene rings is 2. The molecule has 1 N–H and O–H groups in total. The molecule has 5 nitrogen and oxygen atoms in total. The molecule has 2 rings (SSSR count). The molecule has 2 aromatic rings. The van der Waals surface area contributed by atoms with Gasteiger partial charge in [0.2, 0.25) is 15.9 Å². The monoisotopic (exact) mass is 414 g/mol. The number of hydrogen-bond donors (Lipinski definition) is 1. The van der Waals surface area contributed by atoms with E-state index in [4.69, 9.17) is 23.2 Å². The van der Waals surface area contributed by atoms with Crippen LogP contribution in [0, 0.1) is 0 Å². The molecule has 140 valence electrons. The van der Waals surface area contributed by atoms with Gasteiger partial charge in [0.1, 0.15) is 6.04 Å². The smallest absolute Gasteiger partial charge is 0.244 e. The molecule has 26 heavy (non-hydrogen) atoms. The molecule has 0 unspecified atom stereocenters. The second-order valence-electron chi connectivity index (χ2n) is 5.97. The Balaban J connectivity index is 2.31. The summed E-state index contributed by atoms with van der Waals surface area (Å²) in [5.74, 6) is -0.442. The van der Waals surface area contributed by atoms with E-state index in [1.54, 1.807) is 6.07 Å². The lowest BCUT2D eigenvalue weighted by atomic mass is 10.1. The summed E-state index contributed by atoms with van der Waals surface area (Å²) in [6.07, 6.45) is 1.02. The molecule has 0 aliphatic carbocycles. The highest BCUT2D eigenvalue weighted by molar-refractivity contribution is 7.92. The number of nitrogens with zero attached hydrogens (tertiary/aromatic N) is 1. The summed E-state index contributed by atoms with van der Waals surface area (Å²) in [7, 11) is -3.77. The van der Waals surface area contributed by atoms with Gasteiger partial charge in [0.05, 0.1) is 23.0 Å². The maximum absolute atomic E-state index is 12.7. The Kier molecular flexibility index (Phi) is 6.55. The summed E-state index contributed by atoms with van der Waals surface area (Å²) in [6.45, 7) is 3.34. The molecule has 0 radical (unpaired) electrons. The van der Waals surface area contributed by atoms with Crippen LogP contribution >= 0.6 is 23.2 Å². The van der Waals surface area contributed by atoms with Gasteiger partial charge in [-0.2, -0.15) is 0 Å². The molecular formula is C18H20Cl2N2O3S. The number of anilines is 1. The summed E-state index contributed by atoms with van der Waals surface area (Å²) in [5, 5.41) is 3.34. The van der Waals surface area contributed by atoms with Crippen LogP contribution in [0.3, 0.4) is 0 Å². The number of amides is 1. The van der Waals surface area contributed by atoms with Crippen molar-refractivity contribution in [1.82, 2.24) is 5.32 Å². The van der Waals surface area contributed by atoms with Gasteiger partial charge < -0.3 is 5.32 Å². The van der Waals surface area contributed by atoms with Crippen molar-refractivity contribution >= 4 is 44.8 Å². The molecule has 8 heteroatoms. The summed E-state index contributed by atoms with van der Waals surface area (Å²) < 4.78 is 25.7. The Bertz CT molecular complexity index is 889. The number of sulfonamides is 1. The summed E-state index contributed by atoms with van der Waals surface area (Å²) in [5.41, 5.74) is 1.08. The Morgan fingerprint density at radius 1 is 1.08 bits per heavy atom. The van der Waals surface area contributed by atoms with Crippen LogP contribution in [0.2, 0.25) is 10.0 Å². The molecule has 0 aliphatic heterocycles. The zero-order chi connectivity index (χ0) is 19.5. The molecule has 0 saturated carbocycles. The largest absolute Gasteiger partial charge is 0.348 e. The predicted molar refractivity (Wildman–Crippen MR) is 106 cm³/mol. The first-order valence-corrected chi connectivity index (χ1v) is 10.5. The van der Waals surface area contributed by atoms with E-state index < -0.39 is 22.0 Å². The number of hydrogen-bond acceptors (Lipinski definition) is 3. The van der Waals surface area contributed by atoms with Crippen LogP contribution in [-0.4, -0.2) is 26.6 Å². The molecular weight excluding hydrogens is 395 g/mol. The van der Waals surface area contributed by atoms with Crippen LogP contribution in [0.5, 0.6) is 0 Å². The fourth-order valence-electron chi connectivity index (χ4n) is 2.59. The highest BCUT2D eigenvalue weighted by Gasteiger charge is 2.31. The quantitative estimate of drug-likeness (QED) is 0.775. The van der Waals surface area contributed by atoms with Crippen LogP contribution in [0.15, 0.2) is 48.5 Å². The maximum atomic E-state index is 12.7. The molecule has 0 heterocycles. The van der Waals surface area contributed by atoms with Gasteiger partial charge in [-0.05, 0) is 37.6 Å². The van der Waals surface area contributed by atoms with E-state index in [2.05, 4.69) is 5.32 Å². The topological polar surface area (TPSA) is 66.5 Å². The van der Waals surface area contributed by atoms with Crippen molar-refractivity contribution in [2.75, 3.05) is 10.6 Å². The third-order valence-corrected chi connectivity index (χ3v) is 5.67. The molecule has 2 aromatic carbocycles. The first kappa shape index (κ1) is 20.6. The van der Waals surface area contributed by atoms with E-state index in [0.29, 0.717) is 5.02 Å². The van der Waals surface area contributed by atoms with Crippen molar-refractivity contribution < 1.29 is 13.2 Å². The molecule has 0 fully saturated rings. The van der Waals surface area contributed by atoms with Gasteiger partial charge in [0, 0.05) is 5.02 Å². The zero-order valence-electron chi connectivity index (χ0n) is 14.6. The maximum Gasteiger partial charge on any atom is 0.244 e. The highest BCUT2D eigenvalue weighted by Crippen LogP contribution is 2.32. The van der Waals surface area contributed by atoms with E-state index in [0.717, 1.165) is 16.1 Å². The molecule has 0 saturated heterocycles. The van der Waals surface area contributed by atoms with Crippen molar-refractivity contribution in [3.05, 3.63) is 64.1 Å². The fraction of sp³-hybridized carbons (Fsp3) is 0.278. The lowest BCUT2D eigenvalue weighted by Gasteiger charge is -2.30. The van der Waals surface area contributed by atoms with Crippen molar-refractivity contribution in [2.24, 2.45) is 0 Å². The van der Waals surface area contributed by atoms with E-state index >= 15 is 0 Å². The molecule has 0 bridgehead atoms. The van der Waals surface area contributed by atoms with Crippen molar-refractivity contribution in [3.63, 3.8) is 0 Å². The number of carbonyl (C=O) groups excluding carboxylic acids is 1. The first-order chi connectivity index (χ1) is 12.1. The van der Waals surface area contributed by atoms with Crippen LogP contribution in [0.4, 0.5) is 5.69 Å². The Morgan fingerprint density at radius 2 is 1.69 bits per heavy atom. The summed E-state index contributed by atoms with van der Waals surface area (Å²) in [4.78, 5) is 12.7. The van der Waals surface area contributed by atoms with E-state index in [1.807, 2.05) is 37.3 Å². The minimum Gasteiger partial charge on any atom is -0.348 e. The van der Waals surface area contributed by atoms with Gasteiger partial charge in [-0.25, -0.2) is 8.42 Å². The van der Waals surface area contributed by atoms with Crippen LogP contribution < -0.4 is 9.62 Å². The zero-order valence-corrected chi connectivity index (χ0v) is 16.9. The van der Waals surface area contributed by atoms with Crippen molar-refractivity contribution in [2.45, 2.75) is 25.9 Å². The van der Waals surface area contributed by atoms with Gasteiger partial charge in [0.25, 0.3) is 0 Å².